The molecule has 1 atom stereocenters. The Morgan fingerprint density at radius 3 is 2.26 bits per heavy atom. The van der Waals surface area contributed by atoms with Crippen LogP contribution in [0.1, 0.15) is 81.9 Å². The Hall–Kier alpha value is -5.78. The number of nitrogens with two attached hydrogens (primary N) is 1. The van der Waals surface area contributed by atoms with Crippen molar-refractivity contribution in [1.82, 2.24) is 39.5 Å². The van der Waals surface area contributed by atoms with Crippen molar-refractivity contribution in [2.24, 2.45) is 17.6 Å². The van der Waals surface area contributed by atoms with Gasteiger partial charge >= 0.3 is 6.03 Å². The quantitative estimate of drug-likeness (QED) is 0.120. The SMILES string of the molecule is Cc1ccc(NC(=O)c2ccc(CN3CCN(C)CC3)cc2)cc1Nc1nccc(-c2cccnc2)n1.NC(=O)N1CCC(CC(=O)N2CCC([C@H]3c4ncc(Br)cc4CCc4cc(Cl)cc(Br)c43)CC2)CC1. The number of carbonyl (C=O) groups is 3. The minimum atomic E-state index is -0.362. The summed E-state index contributed by atoms with van der Waals surface area (Å²) in [5, 5.41) is 7.05. The number of likely N-dealkylation sites (N-methyl/N-ethyl adjacent to an activating group) is 1. The number of halogens is 3. The monoisotopic (exact) mass is 1130 g/mol. The highest BCUT2D eigenvalue weighted by Gasteiger charge is 2.37. The molecule has 6 aromatic rings. The van der Waals surface area contributed by atoms with Crippen molar-refractivity contribution in [3.05, 3.63) is 157 Å². The van der Waals surface area contributed by atoms with Crippen LogP contribution in [0.3, 0.4) is 0 Å². The van der Waals surface area contributed by atoms with Gasteiger partial charge in [-0.2, -0.15) is 0 Å². The Morgan fingerprint density at radius 2 is 1.53 bits per heavy atom. The molecule has 3 fully saturated rings. The Labute approximate surface area is 449 Å². The number of likely N-dealkylation sites (tertiary alicyclic amines) is 2. The van der Waals surface area contributed by atoms with Gasteiger partial charge < -0.3 is 31.1 Å². The summed E-state index contributed by atoms with van der Waals surface area (Å²) in [6.45, 7) is 10.1. The number of aromatic nitrogens is 4. The molecular weight excluding hydrogens is 1070 g/mol. The molecule has 14 nitrogen and oxygen atoms in total. The highest BCUT2D eigenvalue weighted by atomic mass is 79.9. The molecule has 3 aromatic carbocycles. The van der Waals surface area contributed by atoms with Gasteiger partial charge in [-0.3, -0.25) is 24.5 Å². The number of pyridine rings is 2. The van der Waals surface area contributed by atoms with E-state index in [1.54, 1.807) is 23.5 Å². The third-order valence-corrected chi connectivity index (χ3v) is 16.1. The van der Waals surface area contributed by atoms with E-state index in [9.17, 15) is 14.4 Å². The Morgan fingerprint density at radius 1 is 0.795 bits per heavy atom. The van der Waals surface area contributed by atoms with E-state index in [1.165, 1.54) is 22.3 Å². The number of fused-ring (bicyclic) bond motifs is 2. The average molecular weight is 1130 g/mol. The number of benzene rings is 3. The van der Waals surface area contributed by atoms with E-state index >= 15 is 0 Å². The lowest BCUT2D eigenvalue weighted by Gasteiger charge is -2.38. The molecular formula is C56H62Br2ClN11O3. The first kappa shape index (κ1) is 52.1. The average Bonchev–Trinajstić information content (AvgIpc) is 3.55. The van der Waals surface area contributed by atoms with E-state index in [2.05, 4.69) is 86.4 Å². The van der Waals surface area contributed by atoms with Crippen LogP contribution in [0.4, 0.5) is 22.1 Å². The maximum atomic E-state index is 13.1. The molecule has 4 aliphatic rings. The van der Waals surface area contributed by atoms with Crippen LogP contribution in [0.2, 0.25) is 5.02 Å². The first-order chi connectivity index (χ1) is 35.3. The summed E-state index contributed by atoms with van der Waals surface area (Å²) in [6, 6.07) is 25.3. The van der Waals surface area contributed by atoms with Crippen LogP contribution in [0.15, 0.2) is 113 Å². The lowest BCUT2D eigenvalue weighted by Crippen LogP contribution is -2.44. The van der Waals surface area contributed by atoms with Crippen LogP contribution in [0, 0.1) is 18.8 Å². The summed E-state index contributed by atoms with van der Waals surface area (Å²) in [5.74, 6) is 1.47. The third kappa shape index (κ3) is 13.3. The number of nitrogens with zero attached hydrogens (tertiary/aromatic N) is 8. The molecule has 0 bridgehead atoms. The van der Waals surface area contributed by atoms with Crippen molar-refractivity contribution in [2.45, 2.75) is 64.3 Å². The van der Waals surface area contributed by atoms with E-state index < -0.39 is 0 Å². The smallest absolute Gasteiger partial charge is 0.314 e. The topological polar surface area (TPSA) is 166 Å². The van der Waals surface area contributed by atoms with Crippen LogP contribution >= 0.6 is 43.5 Å². The van der Waals surface area contributed by atoms with E-state index in [0.29, 0.717) is 48.5 Å². The number of aryl methyl sites for hydroxylation is 3. The van der Waals surface area contributed by atoms with Crippen molar-refractivity contribution in [3.63, 3.8) is 0 Å². The predicted molar refractivity (Wildman–Crippen MR) is 295 cm³/mol. The largest absolute Gasteiger partial charge is 0.351 e. The van der Waals surface area contributed by atoms with E-state index in [0.717, 1.165) is 127 Å². The number of piperidine rings is 2. The summed E-state index contributed by atoms with van der Waals surface area (Å²) in [4.78, 5) is 64.0. The van der Waals surface area contributed by atoms with Gasteiger partial charge in [-0.1, -0.05) is 45.7 Å². The van der Waals surface area contributed by atoms with Crippen molar-refractivity contribution in [1.29, 1.82) is 0 Å². The number of carbonyl (C=O) groups excluding carboxylic acids is 3. The second-order valence-electron chi connectivity index (χ2n) is 19.7. The van der Waals surface area contributed by atoms with Gasteiger partial charge in [0.15, 0.2) is 0 Å². The fraction of sp³-hybridized carbons (Fsp3) is 0.375. The minimum absolute atomic E-state index is 0.143. The fourth-order valence-corrected chi connectivity index (χ4v) is 12.0. The standard InChI is InChI=1S/C29H31N7O.C27H31Br2ClN4O2/c1-21-5-10-25(18-27(21)34-29-31-13-11-26(33-29)24-4-3-12-30-19-24)32-28(37)23-8-6-22(7-9-23)20-36-16-14-35(2)15-17-36;28-20-12-19-2-1-18-13-21(30)14-22(29)24(18)25(26(19)32-15-20)17-5-9-33(10-6-17)23(35)11-16-3-7-34(8-4-16)27(31)36/h3-13,18-19H,14-17,20H2,1-2H3,(H,32,37)(H,31,33,34);12-17,25H,1-11H2,(H2,31,36)/t;25-/m.1/s1. The second kappa shape index (κ2) is 24.1. The number of anilines is 3. The molecule has 17 heteroatoms. The normalized spacial score (nSPS) is 17.6. The van der Waals surface area contributed by atoms with Crippen molar-refractivity contribution < 1.29 is 14.4 Å². The van der Waals surface area contributed by atoms with Crippen LogP contribution in [0.25, 0.3) is 11.3 Å². The van der Waals surface area contributed by atoms with Gasteiger partial charge in [-0.05, 0) is 169 Å². The number of amides is 4. The van der Waals surface area contributed by atoms with Crippen LogP contribution in [-0.2, 0) is 24.2 Å². The summed E-state index contributed by atoms with van der Waals surface area (Å²) in [7, 11) is 2.16. The molecule has 0 radical (unpaired) electrons. The predicted octanol–water partition coefficient (Wildman–Crippen LogP) is 10.5. The van der Waals surface area contributed by atoms with Gasteiger partial charge in [-0.25, -0.2) is 14.8 Å². The zero-order chi connectivity index (χ0) is 51.0. The van der Waals surface area contributed by atoms with E-state index in [4.69, 9.17) is 22.3 Å². The van der Waals surface area contributed by atoms with Crippen LogP contribution in [-0.4, -0.2) is 117 Å². The van der Waals surface area contributed by atoms with Crippen LogP contribution < -0.4 is 16.4 Å². The van der Waals surface area contributed by atoms with Gasteiger partial charge in [0.05, 0.1) is 11.4 Å². The first-order valence-corrected chi connectivity index (χ1v) is 27.2. The van der Waals surface area contributed by atoms with E-state index in [1.807, 2.05) is 84.8 Å². The fourth-order valence-electron chi connectivity index (χ4n) is 10.5. The first-order valence-electron chi connectivity index (χ1n) is 25.2. The highest BCUT2D eigenvalue weighted by Crippen LogP contribution is 2.46. The molecule has 380 valence electrons. The maximum absolute atomic E-state index is 13.1. The van der Waals surface area contributed by atoms with Crippen molar-refractivity contribution in [2.75, 3.05) is 70.0 Å². The lowest BCUT2D eigenvalue weighted by atomic mass is 9.76. The highest BCUT2D eigenvalue weighted by molar-refractivity contribution is 9.10. The zero-order valence-electron chi connectivity index (χ0n) is 41.4. The molecule has 0 saturated carbocycles. The Bertz CT molecular complexity index is 2910. The lowest BCUT2D eigenvalue weighted by molar-refractivity contribution is -0.134. The molecule has 4 N–H and O–H groups in total. The number of rotatable bonds is 10. The maximum Gasteiger partial charge on any atom is 0.314 e. The summed E-state index contributed by atoms with van der Waals surface area (Å²) < 4.78 is 2.05. The summed E-state index contributed by atoms with van der Waals surface area (Å²) in [6.07, 6.45) is 13.1. The second-order valence-corrected chi connectivity index (χ2v) is 21.9. The van der Waals surface area contributed by atoms with Gasteiger partial charge in [0.2, 0.25) is 11.9 Å². The molecule has 3 saturated heterocycles. The third-order valence-electron chi connectivity index (χ3n) is 14.7. The van der Waals surface area contributed by atoms with Gasteiger partial charge in [0.25, 0.3) is 5.91 Å². The van der Waals surface area contributed by atoms with Gasteiger partial charge in [0.1, 0.15) is 0 Å². The van der Waals surface area contributed by atoms with Gasteiger partial charge in [0, 0.05) is 132 Å². The molecule has 73 heavy (non-hydrogen) atoms. The molecule has 1 aliphatic carbocycles. The molecule has 6 heterocycles. The molecule has 3 aromatic heterocycles. The number of hydrogen-bond donors (Lipinski definition) is 3. The van der Waals surface area contributed by atoms with Crippen LogP contribution in [0.5, 0.6) is 0 Å². The Balaban J connectivity index is 0.000000180. The number of nitrogens with one attached hydrogen (secondary N) is 2. The Kier molecular flexibility index (Phi) is 17.2. The number of urea groups is 1. The molecule has 0 spiro atoms. The number of primary amides is 1. The van der Waals surface area contributed by atoms with E-state index in [-0.39, 0.29) is 23.8 Å². The molecule has 4 amide bonds. The number of hydrogen-bond acceptors (Lipinski definition) is 10. The summed E-state index contributed by atoms with van der Waals surface area (Å²) >= 11 is 13.9. The number of piperazine rings is 1. The zero-order valence-corrected chi connectivity index (χ0v) is 45.3. The molecule has 0 unspecified atom stereocenters. The van der Waals surface area contributed by atoms with Gasteiger partial charge in [-0.15, -0.1) is 0 Å². The minimum Gasteiger partial charge on any atom is -0.351 e. The molecule has 3 aliphatic heterocycles. The van der Waals surface area contributed by atoms with Crippen molar-refractivity contribution in [3.8, 4) is 11.3 Å². The molecule has 10 rings (SSSR count). The summed E-state index contributed by atoms with van der Waals surface area (Å²) in [5.41, 5.74) is 16.5. The van der Waals surface area contributed by atoms with Crippen molar-refractivity contribution >= 4 is 78.6 Å².